The van der Waals surface area contributed by atoms with Crippen LogP contribution in [0.25, 0.3) is 0 Å². The number of likely N-dealkylation sites (tertiary alicyclic amines) is 1. The van der Waals surface area contributed by atoms with E-state index in [9.17, 15) is 14.4 Å². The minimum Gasteiger partial charge on any atom is -0.462 e. The van der Waals surface area contributed by atoms with E-state index in [1.54, 1.807) is 13.8 Å². The summed E-state index contributed by atoms with van der Waals surface area (Å²) in [6.45, 7) is 9.90. The maximum atomic E-state index is 12.5. The zero-order valence-electron chi connectivity index (χ0n) is 15.8. The van der Waals surface area contributed by atoms with E-state index < -0.39 is 11.9 Å². The van der Waals surface area contributed by atoms with Gasteiger partial charge in [-0.1, -0.05) is 13.8 Å². The summed E-state index contributed by atoms with van der Waals surface area (Å²) < 4.78 is 5.06. The van der Waals surface area contributed by atoms with Crippen molar-refractivity contribution in [2.75, 3.05) is 31.6 Å². The topological polar surface area (TPSA) is 102 Å². The molecule has 1 aromatic rings. The average molecular weight is 381 g/mol. The first-order valence-corrected chi connectivity index (χ1v) is 9.67. The zero-order valence-corrected chi connectivity index (χ0v) is 16.6. The van der Waals surface area contributed by atoms with E-state index >= 15 is 0 Å². The molecule has 0 aromatic carbocycles. The van der Waals surface area contributed by atoms with Gasteiger partial charge < -0.3 is 15.8 Å². The number of esters is 1. The van der Waals surface area contributed by atoms with E-state index in [0.29, 0.717) is 22.4 Å². The summed E-state index contributed by atoms with van der Waals surface area (Å²) in [4.78, 5) is 38.7. The van der Waals surface area contributed by atoms with Crippen LogP contribution in [0, 0.1) is 18.8 Å². The lowest BCUT2D eigenvalue weighted by atomic mass is 9.92. The van der Waals surface area contributed by atoms with Crippen LogP contribution >= 0.6 is 11.3 Å². The fourth-order valence-corrected chi connectivity index (χ4v) is 4.64. The molecule has 0 aliphatic carbocycles. The molecule has 1 fully saturated rings. The van der Waals surface area contributed by atoms with Crippen LogP contribution in [0.15, 0.2) is 0 Å². The van der Waals surface area contributed by atoms with Crippen molar-refractivity contribution in [2.45, 2.75) is 34.1 Å². The van der Waals surface area contributed by atoms with Crippen LogP contribution in [0.5, 0.6) is 0 Å². The van der Waals surface area contributed by atoms with Crippen molar-refractivity contribution in [3.05, 3.63) is 16.0 Å². The normalized spacial score (nSPS) is 20.6. The number of nitrogens with one attached hydrogen (secondary N) is 1. The lowest BCUT2D eigenvalue weighted by molar-refractivity contribution is -0.117. The zero-order chi connectivity index (χ0) is 19.4. The Morgan fingerprint density at radius 3 is 2.42 bits per heavy atom. The fourth-order valence-electron chi connectivity index (χ4n) is 3.58. The Hall–Kier alpha value is -1.93. The molecule has 3 N–H and O–H groups in total. The van der Waals surface area contributed by atoms with Crippen molar-refractivity contribution in [2.24, 2.45) is 17.6 Å². The fraction of sp³-hybridized carbons (Fsp3) is 0.611. The SMILES string of the molecule is CCOC(=O)c1c(NC(=O)CN2CC(C)CC(C)C2)sc(C(N)=O)c1C. The number of carbonyl (C=O) groups is 3. The molecule has 26 heavy (non-hydrogen) atoms. The molecule has 7 nitrogen and oxygen atoms in total. The number of hydrogen-bond donors (Lipinski definition) is 2. The van der Waals surface area contributed by atoms with Gasteiger partial charge in [0, 0.05) is 13.1 Å². The Morgan fingerprint density at radius 2 is 1.88 bits per heavy atom. The maximum Gasteiger partial charge on any atom is 0.341 e. The number of piperidine rings is 1. The Labute approximate surface area is 157 Å². The van der Waals surface area contributed by atoms with Crippen LogP contribution in [-0.4, -0.2) is 48.9 Å². The second kappa shape index (κ2) is 8.64. The molecule has 144 valence electrons. The smallest absolute Gasteiger partial charge is 0.341 e. The van der Waals surface area contributed by atoms with E-state index in [0.717, 1.165) is 30.8 Å². The first-order chi connectivity index (χ1) is 12.2. The van der Waals surface area contributed by atoms with Gasteiger partial charge in [0.15, 0.2) is 0 Å². The van der Waals surface area contributed by atoms with Crippen molar-refractivity contribution in [3.8, 4) is 0 Å². The predicted octanol–water partition coefficient (Wildman–Crippen LogP) is 2.25. The highest BCUT2D eigenvalue weighted by Crippen LogP contribution is 2.33. The highest BCUT2D eigenvalue weighted by Gasteiger charge is 2.27. The van der Waals surface area contributed by atoms with Gasteiger partial charge in [0.1, 0.15) is 5.00 Å². The van der Waals surface area contributed by atoms with Crippen LogP contribution in [0.4, 0.5) is 5.00 Å². The summed E-state index contributed by atoms with van der Waals surface area (Å²) in [5, 5.41) is 3.09. The third kappa shape index (κ3) is 4.82. The van der Waals surface area contributed by atoms with Crippen LogP contribution in [0.1, 0.15) is 52.8 Å². The molecule has 1 aliphatic rings. The van der Waals surface area contributed by atoms with Crippen molar-refractivity contribution in [1.29, 1.82) is 0 Å². The molecule has 2 amide bonds. The Balaban J connectivity index is 2.16. The highest BCUT2D eigenvalue weighted by atomic mass is 32.1. The van der Waals surface area contributed by atoms with Crippen molar-refractivity contribution >= 4 is 34.1 Å². The van der Waals surface area contributed by atoms with Gasteiger partial charge in [-0.2, -0.15) is 0 Å². The third-order valence-electron chi connectivity index (χ3n) is 4.41. The van der Waals surface area contributed by atoms with Gasteiger partial charge in [0.25, 0.3) is 5.91 Å². The molecule has 0 bridgehead atoms. The number of carbonyl (C=O) groups excluding carboxylic acids is 3. The number of nitrogens with two attached hydrogens (primary N) is 1. The van der Waals surface area contributed by atoms with E-state index in [1.165, 1.54) is 0 Å². The highest BCUT2D eigenvalue weighted by molar-refractivity contribution is 7.18. The van der Waals surface area contributed by atoms with Crippen molar-refractivity contribution in [3.63, 3.8) is 0 Å². The summed E-state index contributed by atoms with van der Waals surface area (Å²) in [7, 11) is 0. The molecule has 2 unspecified atom stereocenters. The van der Waals surface area contributed by atoms with Gasteiger partial charge in [0.2, 0.25) is 5.91 Å². The molecule has 2 heterocycles. The lowest BCUT2D eigenvalue weighted by Gasteiger charge is -2.34. The van der Waals surface area contributed by atoms with Crippen LogP contribution in [-0.2, 0) is 9.53 Å². The molecular weight excluding hydrogens is 354 g/mol. The Morgan fingerprint density at radius 1 is 1.27 bits per heavy atom. The van der Waals surface area contributed by atoms with Crippen LogP contribution in [0.2, 0.25) is 0 Å². The van der Waals surface area contributed by atoms with E-state index in [1.807, 2.05) is 0 Å². The third-order valence-corrected chi connectivity index (χ3v) is 5.64. The first-order valence-electron chi connectivity index (χ1n) is 8.85. The number of rotatable bonds is 6. The minimum absolute atomic E-state index is 0.205. The molecule has 2 rings (SSSR count). The predicted molar refractivity (Wildman–Crippen MR) is 102 cm³/mol. The van der Waals surface area contributed by atoms with Gasteiger partial charge in [-0.3, -0.25) is 14.5 Å². The van der Waals surface area contributed by atoms with Gasteiger partial charge in [-0.15, -0.1) is 11.3 Å². The molecule has 0 spiro atoms. The number of ether oxygens (including phenoxy) is 1. The average Bonchev–Trinajstić information content (AvgIpc) is 2.82. The van der Waals surface area contributed by atoms with Gasteiger partial charge in [-0.25, -0.2) is 4.79 Å². The number of nitrogens with zero attached hydrogens (tertiary/aromatic N) is 1. The van der Waals surface area contributed by atoms with Crippen LogP contribution < -0.4 is 11.1 Å². The second-order valence-corrected chi connectivity index (χ2v) is 8.05. The summed E-state index contributed by atoms with van der Waals surface area (Å²) in [5.41, 5.74) is 6.03. The molecule has 2 atom stereocenters. The minimum atomic E-state index is -0.628. The Bertz CT molecular complexity index is 691. The second-order valence-electron chi connectivity index (χ2n) is 7.03. The molecule has 1 aliphatic heterocycles. The number of hydrogen-bond acceptors (Lipinski definition) is 6. The maximum absolute atomic E-state index is 12.5. The monoisotopic (exact) mass is 381 g/mol. The molecule has 0 saturated carbocycles. The van der Waals surface area contributed by atoms with Gasteiger partial charge in [0.05, 0.1) is 23.6 Å². The number of thiophene rings is 1. The largest absolute Gasteiger partial charge is 0.462 e. The standard InChI is InChI=1S/C18H27N3O4S/c1-5-25-18(24)14-12(4)15(16(19)23)26-17(14)20-13(22)9-21-7-10(2)6-11(3)8-21/h10-11H,5-9H2,1-4H3,(H2,19,23)(H,20,22). The van der Waals surface area contributed by atoms with E-state index in [4.69, 9.17) is 10.5 Å². The molecule has 1 aromatic heterocycles. The quantitative estimate of drug-likeness (QED) is 0.736. The lowest BCUT2D eigenvalue weighted by Crippen LogP contribution is -2.42. The van der Waals surface area contributed by atoms with Crippen molar-refractivity contribution in [1.82, 2.24) is 4.90 Å². The molecule has 1 saturated heterocycles. The number of amides is 2. The van der Waals surface area contributed by atoms with Crippen LogP contribution in [0.3, 0.4) is 0 Å². The number of anilines is 1. The van der Waals surface area contributed by atoms with Crippen molar-refractivity contribution < 1.29 is 19.1 Å². The summed E-state index contributed by atoms with van der Waals surface area (Å²) in [6.07, 6.45) is 1.16. The number of primary amides is 1. The van der Waals surface area contributed by atoms with E-state index in [-0.39, 0.29) is 29.5 Å². The van der Waals surface area contributed by atoms with E-state index in [2.05, 4.69) is 24.1 Å². The molecular formula is C18H27N3O4S. The first kappa shape index (κ1) is 20.4. The summed E-state index contributed by atoms with van der Waals surface area (Å²) in [6, 6.07) is 0. The van der Waals surface area contributed by atoms with Gasteiger partial charge in [-0.05, 0) is 37.7 Å². The Kier molecular flexibility index (Phi) is 6.77. The summed E-state index contributed by atoms with van der Waals surface area (Å²) >= 11 is 1.01. The molecule has 0 radical (unpaired) electrons. The van der Waals surface area contributed by atoms with Gasteiger partial charge >= 0.3 is 5.97 Å². The summed E-state index contributed by atoms with van der Waals surface area (Å²) in [5.74, 6) is -0.310. The molecule has 8 heteroatoms.